The zero-order valence-corrected chi connectivity index (χ0v) is 11.2. The van der Waals surface area contributed by atoms with Crippen LogP contribution in [0.15, 0.2) is 12.1 Å². The van der Waals surface area contributed by atoms with Crippen LogP contribution in [0.3, 0.4) is 0 Å². The number of amides is 2. The molecule has 0 aliphatic carbocycles. The predicted molar refractivity (Wildman–Crippen MR) is 69.0 cm³/mol. The molecule has 0 aromatic heterocycles. The average molecular weight is 254 g/mol. The molecule has 1 N–H and O–H groups in total. The lowest BCUT2D eigenvalue weighted by Crippen LogP contribution is -2.35. The Balaban J connectivity index is 3.35. The fourth-order valence-corrected chi connectivity index (χ4v) is 1.59. The van der Waals surface area contributed by atoms with Crippen molar-refractivity contribution in [2.45, 2.75) is 0 Å². The lowest BCUT2D eigenvalue weighted by molar-refractivity contribution is 0.249. The maximum Gasteiger partial charge on any atom is 0.321 e. The van der Waals surface area contributed by atoms with Gasteiger partial charge >= 0.3 is 6.03 Å². The minimum Gasteiger partial charge on any atom is -0.496 e. The van der Waals surface area contributed by atoms with Crippen molar-refractivity contribution in [2.75, 3.05) is 40.3 Å². The van der Waals surface area contributed by atoms with E-state index in [0.29, 0.717) is 22.9 Å². The molecular weight excluding hydrogens is 236 g/mol. The van der Waals surface area contributed by atoms with Crippen molar-refractivity contribution in [2.24, 2.45) is 0 Å². The van der Waals surface area contributed by atoms with Crippen LogP contribution >= 0.6 is 0 Å². The van der Waals surface area contributed by atoms with E-state index >= 15 is 0 Å². The van der Waals surface area contributed by atoms with E-state index in [4.69, 9.17) is 14.2 Å². The Morgan fingerprint density at radius 3 is 1.94 bits per heavy atom. The molecule has 2 amide bonds. The lowest BCUT2D eigenvalue weighted by atomic mass is 10.2. The zero-order valence-electron chi connectivity index (χ0n) is 11.2. The van der Waals surface area contributed by atoms with Gasteiger partial charge < -0.3 is 19.5 Å². The van der Waals surface area contributed by atoms with Gasteiger partial charge in [0, 0.05) is 26.2 Å². The van der Waals surface area contributed by atoms with Crippen molar-refractivity contribution >= 4 is 11.7 Å². The number of nitrogens with one attached hydrogen (secondary N) is 1. The van der Waals surface area contributed by atoms with Crippen molar-refractivity contribution < 1.29 is 19.0 Å². The molecule has 0 unspecified atom stereocenters. The van der Waals surface area contributed by atoms with E-state index in [2.05, 4.69) is 5.32 Å². The fraction of sp³-hybridized carbons (Fsp3) is 0.417. The summed E-state index contributed by atoms with van der Waals surface area (Å²) < 4.78 is 15.7. The van der Waals surface area contributed by atoms with Gasteiger partial charge in [-0.05, 0) is 0 Å². The Morgan fingerprint density at radius 1 is 1.11 bits per heavy atom. The first-order valence-corrected chi connectivity index (χ1v) is 5.34. The van der Waals surface area contributed by atoms with Crippen LogP contribution in [-0.4, -0.2) is 41.5 Å². The molecular formula is C12H18N2O4. The number of methoxy groups -OCH3 is 3. The average Bonchev–Trinajstić information content (AvgIpc) is 2.43. The number of carbonyl (C=O) groups excluding carboxylic acids is 1. The molecule has 1 aromatic rings. The molecule has 0 spiro atoms. The van der Waals surface area contributed by atoms with Gasteiger partial charge in [-0.2, -0.15) is 0 Å². The van der Waals surface area contributed by atoms with Gasteiger partial charge in [-0.25, -0.2) is 4.79 Å². The second-order valence-electron chi connectivity index (χ2n) is 3.49. The Bertz CT molecular complexity index is 409. The molecule has 0 heterocycles. The molecule has 6 heteroatoms. The van der Waals surface area contributed by atoms with Crippen LogP contribution < -0.4 is 24.4 Å². The van der Waals surface area contributed by atoms with E-state index in [1.807, 2.05) is 0 Å². The van der Waals surface area contributed by atoms with Crippen LogP contribution in [0.4, 0.5) is 10.5 Å². The highest BCUT2D eigenvalue weighted by molar-refractivity contribution is 5.95. The molecule has 1 aromatic carbocycles. The van der Waals surface area contributed by atoms with Crippen LogP contribution in [0.2, 0.25) is 0 Å². The molecule has 0 aliphatic heterocycles. The third kappa shape index (κ3) is 2.58. The van der Waals surface area contributed by atoms with Crippen molar-refractivity contribution in [1.29, 1.82) is 0 Å². The van der Waals surface area contributed by atoms with Gasteiger partial charge in [-0.15, -0.1) is 0 Å². The highest BCUT2D eigenvalue weighted by Crippen LogP contribution is 2.40. The van der Waals surface area contributed by atoms with Crippen molar-refractivity contribution in [3.63, 3.8) is 0 Å². The molecule has 0 aliphatic rings. The molecule has 0 bridgehead atoms. The molecule has 0 fully saturated rings. The van der Waals surface area contributed by atoms with E-state index in [0.717, 1.165) is 0 Å². The summed E-state index contributed by atoms with van der Waals surface area (Å²) in [6, 6.07) is 3.12. The normalized spacial score (nSPS) is 9.61. The standard InChI is InChI=1S/C12H18N2O4/c1-13-12(15)14(2)11-9(17-4)6-8(16-3)7-10(11)18-5/h6-7H,1-5H3,(H,13,15). The van der Waals surface area contributed by atoms with Gasteiger partial charge in [0.2, 0.25) is 0 Å². The van der Waals surface area contributed by atoms with Gasteiger partial charge in [0.05, 0.1) is 21.3 Å². The number of urea groups is 1. The van der Waals surface area contributed by atoms with E-state index in [-0.39, 0.29) is 6.03 Å². The second kappa shape index (κ2) is 6.00. The summed E-state index contributed by atoms with van der Waals surface area (Å²) in [5, 5.41) is 2.54. The topological polar surface area (TPSA) is 60.0 Å². The van der Waals surface area contributed by atoms with Gasteiger partial charge in [-0.3, -0.25) is 4.90 Å². The molecule has 100 valence electrons. The number of carbonyl (C=O) groups is 1. The quantitative estimate of drug-likeness (QED) is 0.884. The van der Waals surface area contributed by atoms with Crippen molar-refractivity contribution in [3.05, 3.63) is 12.1 Å². The minimum absolute atomic E-state index is 0.267. The number of anilines is 1. The third-order valence-electron chi connectivity index (χ3n) is 2.54. The molecule has 0 saturated heterocycles. The Morgan fingerprint density at radius 2 is 1.61 bits per heavy atom. The predicted octanol–water partition coefficient (Wildman–Crippen LogP) is 1.49. The van der Waals surface area contributed by atoms with Gasteiger partial charge in [0.1, 0.15) is 22.9 Å². The van der Waals surface area contributed by atoms with Gasteiger partial charge in [0.25, 0.3) is 0 Å². The van der Waals surface area contributed by atoms with Crippen LogP contribution in [0, 0.1) is 0 Å². The van der Waals surface area contributed by atoms with Crippen molar-refractivity contribution in [3.8, 4) is 17.2 Å². The highest BCUT2D eigenvalue weighted by Gasteiger charge is 2.20. The largest absolute Gasteiger partial charge is 0.496 e. The van der Waals surface area contributed by atoms with E-state index in [1.165, 1.54) is 19.1 Å². The summed E-state index contributed by atoms with van der Waals surface area (Å²) in [4.78, 5) is 13.1. The number of hydrogen-bond donors (Lipinski definition) is 1. The lowest BCUT2D eigenvalue weighted by Gasteiger charge is -2.22. The Labute approximate surface area is 106 Å². The summed E-state index contributed by atoms with van der Waals surface area (Å²) in [7, 11) is 7.79. The molecule has 0 saturated carbocycles. The first kappa shape index (κ1) is 14.0. The van der Waals surface area contributed by atoms with Crippen LogP contribution in [0.1, 0.15) is 0 Å². The van der Waals surface area contributed by atoms with Crippen LogP contribution in [-0.2, 0) is 0 Å². The smallest absolute Gasteiger partial charge is 0.321 e. The molecule has 0 radical (unpaired) electrons. The van der Waals surface area contributed by atoms with Gasteiger partial charge in [0.15, 0.2) is 0 Å². The zero-order chi connectivity index (χ0) is 13.7. The Hall–Kier alpha value is -2.11. The second-order valence-corrected chi connectivity index (χ2v) is 3.49. The summed E-state index contributed by atoms with van der Waals surface area (Å²) in [5.41, 5.74) is 0.542. The molecule has 6 nitrogen and oxygen atoms in total. The van der Waals surface area contributed by atoms with Crippen LogP contribution in [0.25, 0.3) is 0 Å². The maximum absolute atomic E-state index is 11.7. The fourth-order valence-electron chi connectivity index (χ4n) is 1.59. The first-order valence-electron chi connectivity index (χ1n) is 5.34. The monoisotopic (exact) mass is 254 g/mol. The van der Waals surface area contributed by atoms with E-state index in [9.17, 15) is 4.79 Å². The van der Waals surface area contributed by atoms with Crippen LogP contribution in [0.5, 0.6) is 17.2 Å². The van der Waals surface area contributed by atoms with E-state index < -0.39 is 0 Å². The number of nitrogens with zero attached hydrogens (tertiary/aromatic N) is 1. The summed E-state index contributed by atoms with van der Waals surface area (Å²) >= 11 is 0. The minimum atomic E-state index is -0.267. The molecule has 1 rings (SSSR count). The number of rotatable bonds is 4. The van der Waals surface area contributed by atoms with Crippen molar-refractivity contribution in [1.82, 2.24) is 5.32 Å². The number of hydrogen-bond acceptors (Lipinski definition) is 4. The van der Waals surface area contributed by atoms with Gasteiger partial charge in [-0.1, -0.05) is 0 Å². The summed E-state index contributed by atoms with van der Waals surface area (Å²) in [5.74, 6) is 1.59. The third-order valence-corrected chi connectivity index (χ3v) is 2.54. The molecule has 18 heavy (non-hydrogen) atoms. The van der Waals surface area contributed by atoms with E-state index in [1.54, 1.807) is 33.3 Å². The number of ether oxygens (including phenoxy) is 3. The summed E-state index contributed by atoms with van der Waals surface area (Å²) in [6.07, 6.45) is 0. The SMILES string of the molecule is CNC(=O)N(C)c1c(OC)cc(OC)cc1OC. The number of benzene rings is 1. The molecule has 0 atom stereocenters. The summed E-state index contributed by atoms with van der Waals surface area (Å²) in [6.45, 7) is 0. The maximum atomic E-state index is 11.7. The Kier molecular flexibility index (Phi) is 4.65. The first-order chi connectivity index (χ1) is 8.58. The highest BCUT2D eigenvalue weighted by atomic mass is 16.5.